The number of carbonyl (C=O) groups excluding carboxylic acids is 1. The summed E-state index contributed by atoms with van der Waals surface area (Å²) in [6.45, 7) is 2.73. The second-order valence-corrected chi connectivity index (χ2v) is 2.03. The van der Waals surface area contributed by atoms with Crippen molar-refractivity contribution in [3.05, 3.63) is 24.4 Å². The van der Waals surface area contributed by atoms with Crippen molar-refractivity contribution < 1.29 is 9.53 Å². The lowest BCUT2D eigenvalue weighted by Gasteiger charge is -2.15. The van der Waals surface area contributed by atoms with Gasteiger partial charge in [-0.3, -0.25) is 4.90 Å². The summed E-state index contributed by atoms with van der Waals surface area (Å²) in [6, 6.07) is 0. The number of amides is 1. The highest BCUT2D eigenvalue weighted by molar-refractivity contribution is 5.68. The molecule has 1 aliphatic heterocycles. The van der Waals surface area contributed by atoms with E-state index in [1.54, 1.807) is 13.0 Å². The van der Waals surface area contributed by atoms with Crippen LogP contribution < -0.4 is 0 Å². The normalized spacial score (nSPS) is 15.2. The zero-order valence-corrected chi connectivity index (χ0v) is 6.41. The first-order chi connectivity index (χ1) is 5.34. The first-order valence-corrected chi connectivity index (χ1v) is 3.53. The van der Waals surface area contributed by atoms with Crippen LogP contribution in [-0.2, 0) is 4.74 Å². The standard InChI is InChI=1S/C8H10NO2/c1-2-11-8(10)9-6-4-3-5-7-9/h3-5H,2,6H2,1H3. The number of carbonyl (C=O) groups is 1. The summed E-state index contributed by atoms with van der Waals surface area (Å²) in [4.78, 5) is 12.4. The molecule has 0 bridgehead atoms. The van der Waals surface area contributed by atoms with Crippen LogP contribution in [-0.4, -0.2) is 24.1 Å². The highest BCUT2D eigenvalue weighted by Gasteiger charge is 2.10. The number of rotatable bonds is 1. The molecule has 0 aromatic heterocycles. The number of hydrogen-bond acceptors (Lipinski definition) is 2. The average Bonchev–Trinajstić information content (AvgIpc) is 2.07. The van der Waals surface area contributed by atoms with Crippen LogP contribution in [0, 0.1) is 6.20 Å². The molecule has 0 unspecified atom stereocenters. The Morgan fingerprint density at radius 1 is 1.82 bits per heavy atom. The van der Waals surface area contributed by atoms with Gasteiger partial charge in [-0.25, -0.2) is 4.79 Å². The molecule has 0 aromatic rings. The predicted molar refractivity (Wildman–Crippen MR) is 40.7 cm³/mol. The lowest BCUT2D eigenvalue weighted by Crippen LogP contribution is -2.28. The summed E-state index contributed by atoms with van der Waals surface area (Å²) in [5.74, 6) is 0. The van der Waals surface area contributed by atoms with Gasteiger partial charge in [0.05, 0.1) is 12.8 Å². The van der Waals surface area contributed by atoms with Crippen molar-refractivity contribution in [1.82, 2.24) is 4.90 Å². The first kappa shape index (κ1) is 7.85. The summed E-state index contributed by atoms with van der Waals surface area (Å²) in [5, 5.41) is 0. The fraction of sp³-hybridized carbons (Fsp3) is 0.375. The zero-order valence-electron chi connectivity index (χ0n) is 6.41. The Kier molecular flexibility index (Phi) is 2.72. The third-order valence-corrected chi connectivity index (χ3v) is 1.24. The number of allylic oxidation sites excluding steroid dienone is 2. The van der Waals surface area contributed by atoms with Crippen molar-refractivity contribution in [3.8, 4) is 0 Å². The van der Waals surface area contributed by atoms with Crippen LogP contribution in [0.15, 0.2) is 18.2 Å². The molecule has 1 aliphatic rings. The van der Waals surface area contributed by atoms with Crippen molar-refractivity contribution in [2.24, 2.45) is 0 Å². The lowest BCUT2D eigenvalue weighted by atomic mass is 10.4. The van der Waals surface area contributed by atoms with Crippen molar-refractivity contribution in [3.63, 3.8) is 0 Å². The van der Waals surface area contributed by atoms with E-state index in [2.05, 4.69) is 6.20 Å². The van der Waals surface area contributed by atoms with Gasteiger partial charge in [0.1, 0.15) is 0 Å². The maximum atomic E-state index is 11.0. The second-order valence-electron chi connectivity index (χ2n) is 2.03. The van der Waals surface area contributed by atoms with Gasteiger partial charge in [-0.1, -0.05) is 12.2 Å². The second kappa shape index (κ2) is 3.81. The minimum Gasteiger partial charge on any atom is -0.449 e. The van der Waals surface area contributed by atoms with E-state index in [0.29, 0.717) is 13.2 Å². The molecule has 3 nitrogen and oxygen atoms in total. The molecule has 1 rings (SSSR count). The Bertz CT molecular complexity index is 196. The van der Waals surface area contributed by atoms with E-state index in [1.807, 2.05) is 12.2 Å². The minimum absolute atomic E-state index is 0.340. The molecule has 59 valence electrons. The summed E-state index contributed by atoms with van der Waals surface area (Å²) < 4.78 is 4.75. The molecule has 0 atom stereocenters. The van der Waals surface area contributed by atoms with Crippen LogP contribution in [0.1, 0.15) is 6.92 Å². The van der Waals surface area contributed by atoms with E-state index in [4.69, 9.17) is 4.74 Å². The fourth-order valence-electron chi connectivity index (χ4n) is 0.749. The van der Waals surface area contributed by atoms with Crippen LogP contribution in [0.25, 0.3) is 0 Å². The SMILES string of the molecule is CCOC(=O)N1[C]=CC=CC1. The monoisotopic (exact) mass is 152 g/mol. The van der Waals surface area contributed by atoms with E-state index in [0.717, 1.165) is 0 Å². The summed E-state index contributed by atoms with van der Waals surface area (Å²) in [5.41, 5.74) is 0. The van der Waals surface area contributed by atoms with Crippen molar-refractivity contribution in [2.75, 3.05) is 13.2 Å². The van der Waals surface area contributed by atoms with E-state index in [9.17, 15) is 4.79 Å². The van der Waals surface area contributed by atoms with Crippen molar-refractivity contribution in [1.29, 1.82) is 0 Å². The highest BCUT2D eigenvalue weighted by Crippen LogP contribution is 1.99. The lowest BCUT2D eigenvalue weighted by molar-refractivity contribution is 0.123. The number of ether oxygens (including phenoxy) is 1. The zero-order chi connectivity index (χ0) is 8.10. The molecule has 0 fully saturated rings. The van der Waals surface area contributed by atoms with Crippen LogP contribution >= 0.6 is 0 Å². The van der Waals surface area contributed by atoms with Crippen LogP contribution in [0.5, 0.6) is 0 Å². The quantitative estimate of drug-likeness (QED) is 0.567. The Balaban J connectivity index is 2.42. The summed E-state index contributed by atoms with van der Waals surface area (Å²) >= 11 is 0. The Hall–Kier alpha value is -1.25. The smallest absolute Gasteiger partial charge is 0.414 e. The van der Waals surface area contributed by atoms with Crippen molar-refractivity contribution in [2.45, 2.75) is 6.92 Å². The van der Waals surface area contributed by atoms with Crippen LogP contribution in [0.3, 0.4) is 0 Å². The Morgan fingerprint density at radius 3 is 3.18 bits per heavy atom. The molecule has 0 aliphatic carbocycles. The number of hydrogen-bond donors (Lipinski definition) is 0. The molecule has 1 amide bonds. The van der Waals surface area contributed by atoms with Gasteiger partial charge in [0.15, 0.2) is 0 Å². The molecule has 1 heterocycles. The molecular formula is C8H10NO2. The van der Waals surface area contributed by atoms with E-state index in [-0.39, 0.29) is 6.09 Å². The van der Waals surface area contributed by atoms with Crippen molar-refractivity contribution >= 4 is 6.09 Å². The maximum absolute atomic E-state index is 11.0. The molecule has 11 heavy (non-hydrogen) atoms. The largest absolute Gasteiger partial charge is 0.449 e. The maximum Gasteiger partial charge on any atom is 0.414 e. The van der Waals surface area contributed by atoms with Gasteiger partial charge in [-0.2, -0.15) is 0 Å². The van der Waals surface area contributed by atoms with Gasteiger partial charge in [0.25, 0.3) is 0 Å². The van der Waals surface area contributed by atoms with Gasteiger partial charge in [0.2, 0.25) is 0 Å². The van der Waals surface area contributed by atoms with Crippen LogP contribution in [0.2, 0.25) is 0 Å². The molecule has 1 radical (unpaired) electrons. The van der Waals surface area contributed by atoms with E-state index in [1.165, 1.54) is 4.90 Å². The summed E-state index contributed by atoms with van der Waals surface area (Å²) in [6.07, 6.45) is 7.80. The van der Waals surface area contributed by atoms with Crippen LogP contribution in [0.4, 0.5) is 4.79 Å². The molecule has 0 saturated carbocycles. The Morgan fingerprint density at radius 2 is 2.64 bits per heavy atom. The minimum atomic E-state index is -0.340. The van der Waals surface area contributed by atoms with Gasteiger partial charge >= 0.3 is 6.09 Å². The fourth-order valence-corrected chi connectivity index (χ4v) is 0.749. The number of nitrogens with zero attached hydrogens (tertiary/aromatic N) is 1. The average molecular weight is 152 g/mol. The molecular weight excluding hydrogens is 142 g/mol. The highest BCUT2D eigenvalue weighted by atomic mass is 16.6. The molecule has 0 spiro atoms. The van der Waals surface area contributed by atoms with Gasteiger partial charge in [-0.15, -0.1) is 0 Å². The predicted octanol–water partition coefficient (Wildman–Crippen LogP) is 1.33. The van der Waals surface area contributed by atoms with Gasteiger partial charge in [-0.05, 0) is 13.0 Å². The van der Waals surface area contributed by atoms with Gasteiger partial charge in [0, 0.05) is 6.54 Å². The molecule has 3 heteroatoms. The third kappa shape index (κ3) is 2.11. The first-order valence-electron chi connectivity index (χ1n) is 3.53. The summed E-state index contributed by atoms with van der Waals surface area (Å²) in [7, 11) is 0. The molecule has 0 aromatic carbocycles. The topological polar surface area (TPSA) is 29.5 Å². The molecule has 0 N–H and O–H groups in total. The van der Waals surface area contributed by atoms with E-state index >= 15 is 0 Å². The van der Waals surface area contributed by atoms with Gasteiger partial charge < -0.3 is 4.74 Å². The Labute approximate surface area is 65.9 Å². The third-order valence-electron chi connectivity index (χ3n) is 1.24. The van der Waals surface area contributed by atoms with E-state index < -0.39 is 0 Å². The molecule has 0 saturated heterocycles.